The lowest BCUT2D eigenvalue weighted by Crippen LogP contribution is -1.98. The zero-order valence-electron chi connectivity index (χ0n) is 6.24. The van der Waals surface area contributed by atoms with Gasteiger partial charge in [0.2, 0.25) is 6.54 Å². The first kappa shape index (κ1) is 8.25. The van der Waals surface area contributed by atoms with Crippen LogP contribution in [0, 0.1) is 13.5 Å². The summed E-state index contributed by atoms with van der Waals surface area (Å²) in [6, 6.07) is 1.95. The molecule has 1 aromatic rings. The molecule has 1 heterocycles. The van der Waals surface area contributed by atoms with Gasteiger partial charge in [-0.2, -0.15) is 0 Å². The summed E-state index contributed by atoms with van der Waals surface area (Å²) < 4.78 is 0. The second-order valence-electron chi connectivity index (χ2n) is 2.32. The molecule has 0 radical (unpaired) electrons. The Hall–Kier alpha value is -0.850. The minimum absolute atomic E-state index is 0.168. The van der Waals surface area contributed by atoms with Gasteiger partial charge in [0, 0.05) is 4.88 Å². The molecule has 0 fully saturated rings. The lowest BCUT2D eigenvalue weighted by molar-refractivity contribution is 0.198. The van der Waals surface area contributed by atoms with Gasteiger partial charge in [0.1, 0.15) is 0 Å². The highest BCUT2D eigenvalue weighted by Gasteiger charge is 2.13. The van der Waals surface area contributed by atoms with Gasteiger partial charge in [-0.05, 0) is 23.9 Å². The summed E-state index contributed by atoms with van der Waals surface area (Å²) in [7, 11) is 0. The molecule has 0 amide bonds. The smallest absolute Gasteiger partial charge is 0.245 e. The van der Waals surface area contributed by atoms with Crippen molar-refractivity contribution < 1.29 is 5.11 Å². The van der Waals surface area contributed by atoms with Crippen LogP contribution >= 0.6 is 11.3 Å². The number of aliphatic hydroxyl groups is 1. The topological polar surface area (TPSA) is 24.6 Å². The van der Waals surface area contributed by atoms with Gasteiger partial charge < -0.3 is 9.95 Å². The van der Waals surface area contributed by atoms with Crippen molar-refractivity contribution in [3.05, 3.63) is 33.3 Å². The monoisotopic (exact) mass is 167 g/mol. The number of aliphatic hydroxyl groups excluding tert-OH is 1. The molecule has 1 unspecified atom stereocenters. The first-order valence-corrected chi connectivity index (χ1v) is 4.19. The molecule has 0 aliphatic carbocycles. The van der Waals surface area contributed by atoms with E-state index in [-0.39, 0.29) is 6.54 Å². The molecule has 1 aromatic heterocycles. The standard InChI is InChI=1S/C8H9NOS/c1-6-3-4-11-8(6)7(10)5-9-2/h3-4,7,10H,5H2,1H3. The summed E-state index contributed by atoms with van der Waals surface area (Å²) in [5.41, 5.74) is 1.08. The Morgan fingerprint density at radius 3 is 3.00 bits per heavy atom. The predicted molar refractivity (Wildman–Crippen MR) is 45.5 cm³/mol. The van der Waals surface area contributed by atoms with Gasteiger partial charge in [0.25, 0.3) is 0 Å². The largest absolute Gasteiger partial charge is 0.380 e. The number of aryl methyl sites for hydroxylation is 1. The van der Waals surface area contributed by atoms with Crippen LogP contribution < -0.4 is 0 Å². The maximum atomic E-state index is 9.39. The van der Waals surface area contributed by atoms with Crippen LogP contribution in [0.25, 0.3) is 4.85 Å². The quantitative estimate of drug-likeness (QED) is 0.669. The Balaban J connectivity index is 2.77. The average Bonchev–Trinajstić information content (AvgIpc) is 2.36. The molecule has 1 atom stereocenters. The summed E-state index contributed by atoms with van der Waals surface area (Å²) in [4.78, 5) is 4.06. The molecule has 0 aromatic carbocycles. The van der Waals surface area contributed by atoms with E-state index in [0.717, 1.165) is 10.4 Å². The number of hydrogen-bond donors (Lipinski definition) is 1. The van der Waals surface area contributed by atoms with E-state index in [1.54, 1.807) is 0 Å². The fourth-order valence-corrected chi connectivity index (χ4v) is 1.80. The van der Waals surface area contributed by atoms with Crippen LogP contribution in [0.1, 0.15) is 16.5 Å². The zero-order valence-corrected chi connectivity index (χ0v) is 7.06. The Kier molecular flexibility index (Phi) is 2.64. The Morgan fingerprint density at radius 2 is 2.55 bits per heavy atom. The van der Waals surface area contributed by atoms with E-state index < -0.39 is 6.10 Å². The second-order valence-corrected chi connectivity index (χ2v) is 3.27. The van der Waals surface area contributed by atoms with Gasteiger partial charge >= 0.3 is 0 Å². The van der Waals surface area contributed by atoms with Crippen LogP contribution in [0.4, 0.5) is 0 Å². The first-order chi connectivity index (χ1) is 5.25. The maximum Gasteiger partial charge on any atom is 0.245 e. The van der Waals surface area contributed by atoms with E-state index >= 15 is 0 Å². The van der Waals surface area contributed by atoms with Crippen LogP contribution in [-0.4, -0.2) is 11.7 Å². The van der Waals surface area contributed by atoms with Crippen LogP contribution in [-0.2, 0) is 0 Å². The van der Waals surface area contributed by atoms with Gasteiger partial charge in [0.15, 0.2) is 6.10 Å². The molecular formula is C8H9NOS. The number of hydrogen-bond acceptors (Lipinski definition) is 2. The number of nitrogens with zero attached hydrogens (tertiary/aromatic N) is 1. The van der Waals surface area contributed by atoms with E-state index in [1.165, 1.54) is 11.3 Å². The first-order valence-electron chi connectivity index (χ1n) is 3.31. The van der Waals surface area contributed by atoms with Crippen molar-refractivity contribution in [1.29, 1.82) is 0 Å². The summed E-state index contributed by atoms with van der Waals surface area (Å²) >= 11 is 1.50. The van der Waals surface area contributed by atoms with Crippen molar-refractivity contribution in [1.82, 2.24) is 0 Å². The highest BCUT2D eigenvalue weighted by molar-refractivity contribution is 7.10. The molecule has 11 heavy (non-hydrogen) atoms. The molecule has 2 nitrogen and oxygen atoms in total. The lowest BCUT2D eigenvalue weighted by Gasteiger charge is -2.00. The summed E-state index contributed by atoms with van der Waals surface area (Å²) in [5, 5.41) is 11.3. The summed E-state index contributed by atoms with van der Waals surface area (Å²) in [6.07, 6.45) is -0.590. The molecule has 0 aliphatic heterocycles. The van der Waals surface area contributed by atoms with Crippen molar-refractivity contribution in [2.24, 2.45) is 0 Å². The zero-order chi connectivity index (χ0) is 8.27. The molecule has 0 bridgehead atoms. The summed E-state index contributed by atoms with van der Waals surface area (Å²) in [6.45, 7) is 8.69. The molecule has 58 valence electrons. The van der Waals surface area contributed by atoms with Gasteiger partial charge in [-0.1, -0.05) is 0 Å². The molecule has 3 heteroatoms. The van der Waals surface area contributed by atoms with Crippen LogP contribution in [0.2, 0.25) is 0 Å². The minimum Gasteiger partial charge on any atom is -0.380 e. The third-order valence-corrected chi connectivity index (χ3v) is 2.59. The highest BCUT2D eigenvalue weighted by Crippen LogP contribution is 2.23. The van der Waals surface area contributed by atoms with Crippen molar-refractivity contribution in [3.8, 4) is 0 Å². The molecular weight excluding hydrogens is 158 g/mol. The Bertz CT molecular complexity index is 274. The normalized spacial score (nSPS) is 12.5. The van der Waals surface area contributed by atoms with E-state index in [1.807, 2.05) is 18.4 Å². The minimum atomic E-state index is -0.590. The Labute approximate surface area is 69.9 Å². The van der Waals surface area contributed by atoms with Gasteiger partial charge in [-0.25, -0.2) is 6.57 Å². The lowest BCUT2D eigenvalue weighted by atomic mass is 10.2. The van der Waals surface area contributed by atoms with Crippen LogP contribution in [0.15, 0.2) is 11.4 Å². The van der Waals surface area contributed by atoms with Gasteiger partial charge in [-0.3, -0.25) is 0 Å². The van der Waals surface area contributed by atoms with E-state index in [2.05, 4.69) is 4.85 Å². The van der Waals surface area contributed by atoms with Crippen molar-refractivity contribution in [3.63, 3.8) is 0 Å². The fraction of sp³-hybridized carbons (Fsp3) is 0.375. The molecule has 1 rings (SSSR count). The third-order valence-electron chi connectivity index (χ3n) is 1.47. The molecule has 0 aliphatic rings. The van der Waals surface area contributed by atoms with Gasteiger partial charge in [0.05, 0.1) is 0 Å². The molecule has 1 N–H and O–H groups in total. The van der Waals surface area contributed by atoms with E-state index in [4.69, 9.17) is 6.57 Å². The van der Waals surface area contributed by atoms with Crippen molar-refractivity contribution in [2.45, 2.75) is 13.0 Å². The molecule has 0 saturated carbocycles. The number of thiophene rings is 1. The SMILES string of the molecule is [C-]#[N+]CC(O)c1sccc1C. The average molecular weight is 167 g/mol. The predicted octanol–water partition coefficient (Wildman–Crippen LogP) is 2.01. The van der Waals surface area contributed by atoms with Crippen LogP contribution in [0.5, 0.6) is 0 Å². The molecule has 0 spiro atoms. The Morgan fingerprint density at radius 1 is 1.82 bits per heavy atom. The highest BCUT2D eigenvalue weighted by atomic mass is 32.1. The third kappa shape index (κ3) is 1.79. The second kappa shape index (κ2) is 3.51. The van der Waals surface area contributed by atoms with E-state index in [9.17, 15) is 5.11 Å². The summed E-state index contributed by atoms with van der Waals surface area (Å²) in [5.74, 6) is 0. The molecule has 0 saturated heterocycles. The van der Waals surface area contributed by atoms with Crippen LogP contribution in [0.3, 0.4) is 0 Å². The van der Waals surface area contributed by atoms with E-state index in [0.29, 0.717) is 0 Å². The van der Waals surface area contributed by atoms with Crippen molar-refractivity contribution >= 4 is 11.3 Å². The fourth-order valence-electron chi connectivity index (χ4n) is 0.895. The number of rotatable bonds is 2. The maximum absolute atomic E-state index is 9.39. The van der Waals surface area contributed by atoms with Crippen molar-refractivity contribution in [2.75, 3.05) is 6.54 Å². The van der Waals surface area contributed by atoms with Gasteiger partial charge in [-0.15, -0.1) is 11.3 Å².